The molecule has 0 aromatic heterocycles. The maximum atomic E-state index is 11.8. The van der Waals surface area contributed by atoms with Crippen molar-refractivity contribution in [3.05, 3.63) is 29.8 Å². The SMILES string of the molecule is CCCCOC(=O)c1cccc(NCCC(=O)OC)c1. The molecule has 0 saturated heterocycles. The van der Waals surface area contributed by atoms with E-state index in [1.807, 2.05) is 13.0 Å². The Morgan fingerprint density at radius 2 is 2.10 bits per heavy atom. The van der Waals surface area contributed by atoms with Gasteiger partial charge >= 0.3 is 11.9 Å². The molecule has 20 heavy (non-hydrogen) atoms. The maximum absolute atomic E-state index is 11.8. The highest BCUT2D eigenvalue weighted by Gasteiger charge is 2.07. The van der Waals surface area contributed by atoms with Gasteiger partial charge in [-0.1, -0.05) is 19.4 Å². The van der Waals surface area contributed by atoms with Crippen LogP contribution in [0.15, 0.2) is 24.3 Å². The number of carbonyl (C=O) groups excluding carboxylic acids is 2. The van der Waals surface area contributed by atoms with E-state index in [9.17, 15) is 9.59 Å². The third-order valence-corrected chi connectivity index (χ3v) is 2.72. The minimum Gasteiger partial charge on any atom is -0.469 e. The minimum atomic E-state index is -0.324. The minimum absolute atomic E-state index is 0.271. The third-order valence-electron chi connectivity index (χ3n) is 2.72. The van der Waals surface area contributed by atoms with Crippen LogP contribution in [0.2, 0.25) is 0 Å². The average molecular weight is 279 g/mol. The number of nitrogens with one attached hydrogen (secondary N) is 1. The second-order valence-electron chi connectivity index (χ2n) is 4.32. The Morgan fingerprint density at radius 1 is 1.30 bits per heavy atom. The first-order chi connectivity index (χ1) is 9.67. The fourth-order valence-electron chi connectivity index (χ4n) is 1.56. The van der Waals surface area contributed by atoms with E-state index >= 15 is 0 Å². The van der Waals surface area contributed by atoms with Crippen molar-refractivity contribution in [2.24, 2.45) is 0 Å². The summed E-state index contributed by atoms with van der Waals surface area (Å²) in [6, 6.07) is 7.03. The molecular formula is C15H21NO4. The van der Waals surface area contributed by atoms with Gasteiger partial charge in [0.25, 0.3) is 0 Å². The monoisotopic (exact) mass is 279 g/mol. The first-order valence-electron chi connectivity index (χ1n) is 6.75. The lowest BCUT2D eigenvalue weighted by Gasteiger charge is -2.08. The van der Waals surface area contributed by atoms with Gasteiger partial charge in [0, 0.05) is 12.2 Å². The molecule has 1 rings (SSSR count). The van der Waals surface area contributed by atoms with Crippen molar-refractivity contribution in [3.63, 3.8) is 0 Å². The van der Waals surface area contributed by atoms with Gasteiger partial charge < -0.3 is 14.8 Å². The molecule has 0 spiro atoms. The third kappa shape index (κ3) is 5.73. The molecule has 0 unspecified atom stereocenters. The molecule has 0 aliphatic heterocycles. The van der Waals surface area contributed by atoms with Crippen LogP contribution in [0.5, 0.6) is 0 Å². The molecule has 0 aliphatic rings. The van der Waals surface area contributed by atoms with Gasteiger partial charge in [-0.3, -0.25) is 4.79 Å². The average Bonchev–Trinajstić information content (AvgIpc) is 2.47. The first-order valence-corrected chi connectivity index (χ1v) is 6.75. The highest BCUT2D eigenvalue weighted by atomic mass is 16.5. The number of esters is 2. The van der Waals surface area contributed by atoms with Crippen LogP contribution in [0.3, 0.4) is 0 Å². The predicted molar refractivity (Wildman–Crippen MR) is 76.8 cm³/mol. The van der Waals surface area contributed by atoms with Crippen LogP contribution in [0.1, 0.15) is 36.5 Å². The van der Waals surface area contributed by atoms with Crippen molar-refractivity contribution in [1.82, 2.24) is 0 Å². The van der Waals surface area contributed by atoms with Gasteiger partial charge in [-0.2, -0.15) is 0 Å². The smallest absolute Gasteiger partial charge is 0.338 e. The van der Waals surface area contributed by atoms with E-state index in [4.69, 9.17) is 4.74 Å². The molecule has 5 heteroatoms. The van der Waals surface area contributed by atoms with Crippen molar-refractivity contribution < 1.29 is 19.1 Å². The fraction of sp³-hybridized carbons (Fsp3) is 0.467. The lowest BCUT2D eigenvalue weighted by atomic mass is 10.2. The number of rotatable bonds is 8. The second kappa shape index (κ2) is 8.96. The largest absolute Gasteiger partial charge is 0.469 e. The summed E-state index contributed by atoms with van der Waals surface area (Å²) in [5.41, 5.74) is 1.28. The predicted octanol–water partition coefficient (Wildman–Crippen LogP) is 2.62. The molecule has 0 aliphatic carbocycles. The molecular weight excluding hydrogens is 258 g/mol. The van der Waals surface area contributed by atoms with Gasteiger partial charge in [-0.05, 0) is 24.6 Å². The summed E-state index contributed by atoms with van der Waals surface area (Å²) in [6.45, 7) is 2.94. The van der Waals surface area contributed by atoms with Crippen molar-refractivity contribution in [2.45, 2.75) is 26.2 Å². The summed E-state index contributed by atoms with van der Waals surface area (Å²) < 4.78 is 9.69. The van der Waals surface area contributed by atoms with Crippen LogP contribution in [0, 0.1) is 0 Å². The number of hydrogen-bond donors (Lipinski definition) is 1. The quantitative estimate of drug-likeness (QED) is 0.585. The highest BCUT2D eigenvalue weighted by molar-refractivity contribution is 5.90. The fourth-order valence-corrected chi connectivity index (χ4v) is 1.56. The van der Waals surface area contributed by atoms with Gasteiger partial charge in [0.1, 0.15) is 0 Å². The molecule has 0 bridgehead atoms. The lowest BCUT2D eigenvalue weighted by Crippen LogP contribution is -2.10. The van der Waals surface area contributed by atoms with Crippen LogP contribution in [-0.4, -0.2) is 32.2 Å². The van der Waals surface area contributed by atoms with Crippen LogP contribution >= 0.6 is 0 Å². The van der Waals surface area contributed by atoms with E-state index in [1.165, 1.54) is 7.11 Å². The van der Waals surface area contributed by atoms with E-state index in [-0.39, 0.29) is 18.4 Å². The number of anilines is 1. The van der Waals surface area contributed by atoms with Crippen molar-refractivity contribution >= 4 is 17.6 Å². The summed E-state index contributed by atoms with van der Waals surface area (Å²) in [6.07, 6.45) is 2.13. The molecule has 0 radical (unpaired) electrons. The summed E-state index contributed by atoms with van der Waals surface area (Å²) in [5.74, 6) is -0.595. The van der Waals surface area contributed by atoms with Crippen molar-refractivity contribution in [1.29, 1.82) is 0 Å². The van der Waals surface area contributed by atoms with E-state index in [0.29, 0.717) is 18.7 Å². The van der Waals surface area contributed by atoms with Gasteiger partial charge in [-0.25, -0.2) is 4.79 Å². The summed E-state index contributed by atoms with van der Waals surface area (Å²) in [4.78, 5) is 22.8. The Balaban J connectivity index is 2.48. The summed E-state index contributed by atoms with van der Waals surface area (Å²) in [7, 11) is 1.36. The van der Waals surface area contributed by atoms with E-state index in [0.717, 1.165) is 18.5 Å². The number of benzene rings is 1. The Bertz CT molecular complexity index is 445. The Hall–Kier alpha value is -2.04. The van der Waals surface area contributed by atoms with Gasteiger partial charge in [0.05, 0.1) is 25.7 Å². The topological polar surface area (TPSA) is 64.6 Å². The number of unbranched alkanes of at least 4 members (excludes halogenated alkanes) is 1. The summed E-state index contributed by atoms with van der Waals surface area (Å²) in [5, 5.41) is 3.06. The number of hydrogen-bond acceptors (Lipinski definition) is 5. The molecule has 0 heterocycles. The Labute approximate surface area is 119 Å². The van der Waals surface area contributed by atoms with Gasteiger partial charge in [0.15, 0.2) is 0 Å². The molecule has 0 saturated carbocycles. The van der Waals surface area contributed by atoms with Gasteiger partial charge in [0.2, 0.25) is 0 Å². The standard InChI is InChI=1S/C15H21NO4/c1-3-4-10-20-15(18)12-6-5-7-13(11-12)16-9-8-14(17)19-2/h5-7,11,16H,3-4,8-10H2,1-2H3. The van der Waals surface area contributed by atoms with Crippen molar-refractivity contribution in [3.8, 4) is 0 Å². The number of ether oxygens (including phenoxy) is 2. The maximum Gasteiger partial charge on any atom is 0.338 e. The zero-order valence-electron chi connectivity index (χ0n) is 12.0. The van der Waals surface area contributed by atoms with Crippen LogP contribution in [0.25, 0.3) is 0 Å². The molecule has 1 aromatic rings. The number of carbonyl (C=O) groups is 2. The molecule has 0 fully saturated rings. The highest BCUT2D eigenvalue weighted by Crippen LogP contribution is 2.12. The normalized spacial score (nSPS) is 9.90. The Kier molecular flexibility index (Phi) is 7.17. The van der Waals surface area contributed by atoms with Crippen LogP contribution < -0.4 is 5.32 Å². The first kappa shape index (κ1) is 16.0. The van der Waals surface area contributed by atoms with E-state index in [2.05, 4.69) is 10.1 Å². The molecule has 5 nitrogen and oxygen atoms in total. The lowest BCUT2D eigenvalue weighted by molar-refractivity contribution is -0.140. The molecule has 110 valence electrons. The van der Waals surface area contributed by atoms with Crippen molar-refractivity contribution in [2.75, 3.05) is 25.6 Å². The zero-order valence-corrected chi connectivity index (χ0v) is 12.0. The Morgan fingerprint density at radius 3 is 2.80 bits per heavy atom. The van der Waals surface area contributed by atoms with E-state index < -0.39 is 0 Å². The van der Waals surface area contributed by atoms with Gasteiger partial charge in [-0.15, -0.1) is 0 Å². The molecule has 0 atom stereocenters. The molecule has 1 aromatic carbocycles. The second-order valence-corrected chi connectivity index (χ2v) is 4.32. The number of methoxy groups -OCH3 is 1. The van der Waals surface area contributed by atoms with Crippen LogP contribution in [0.4, 0.5) is 5.69 Å². The zero-order chi connectivity index (χ0) is 14.8. The van der Waals surface area contributed by atoms with E-state index in [1.54, 1.807) is 18.2 Å². The molecule has 1 N–H and O–H groups in total. The molecule has 0 amide bonds. The van der Waals surface area contributed by atoms with Crippen LogP contribution in [-0.2, 0) is 14.3 Å². The summed E-state index contributed by atoms with van der Waals surface area (Å²) >= 11 is 0.